The molecule has 0 spiro atoms. The Kier molecular flexibility index (Phi) is 6.47. The quantitative estimate of drug-likeness (QED) is 0.275. The van der Waals surface area contributed by atoms with Crippen LogP contribution >= 0.6 is 0 Å². The van der Waals surface area contributed by atoms with E-state index in [0.717, 1.165) is 11.1 Å². The van der Waals surface area contributed by atoms with E-state index < -0.39 is 27.0 Å². The molecule has 0 aromatic heterocycles. The molecule has 0 N–H and O–H groups in total. The maximum absolute atomic E-state index is 13.6. The van der Waals surface area contributed by atoms with Crippen LogP contribution in [0.2, 0.25) is 0 Å². The Morgan fingerprint density at radius 3 is 2.29 bits per heavy atom. The van der Waals surface area contributed by atoms with Gasteiger partial charge >= 0.3 is 5.97 Å². The number of ether oxygens (including phenoxy) is 1. The van der Waals surface area contributed by atoms with E-state index in [0.29, 0.717) is 12.1 Å². The lowest BCUT2D eigenvalue weighted by atomic mass is 10.1. The van der Waals surface area contributed by atoms with Gasteiger partial charge < -0.3 is 4.74 Å². The molecule has 174 valence electrons. The number of carbonyl (C=O) groups is 1. The number of sulfonamides is 1. The summed E-state index contributed by atoms with van der Waals surface area (Å²) in [5.74, 6) is -0.702. The van der Waals surface area contributed by atoms with Crippen molar-refractivity contribution in [1.29, 1.82) is 0 Å². The van der Waals surface area contributed by atoms with Gasteiger partial charge in [0.1, 0.15) is 6.61 Å². The normalized spacial score (nSPS) is 15.6. The zero-order chi connectivity index (χ0) is 24.3. The number of benzene rings is 3. The number of esters is 1. The predicted octanol–water partition coefficient (Wildman–Crippen LogP) is 4.78. The summed E-state index contributed by atoms with van der Waals surface area (Å²) < 4.78 is 34.0. The van der Waals surface area contributed by atoms with E-state index in [4.69, 9.17) is 4.74 Å². The van der Waals surface area contributed by atoms with Gasteiger partial charge in [-0.1, -0.05) is 54.1 Å². The molecule has 0 aliphatic carbocycles. The van der Waals surface area contributed by atoms with Crippen LogP contribution in [-0.4, -0.2) is 30.2 Å². The van der Waals surface area contributed by atoms with Crippen molar-refractivity contribution in [3.05, 3.63) is 117 Å². The molecule has 9 heteroatoms. The number of non-ortho nitro benzene ring substituents is 1. The molecule has 0 saturated carbocycles. The van der Waals surface area contributed by atoms with Crippen molar-refractivity contribution in [1.82, 2.24) is 4.31 Å². The highest BCUT2D eigenvalue weighted by Gasteiger charge is 2.37. The lowest BCUT2D eigenvalue weighted by Gasteiger charge is -2.29. The lowest BCUT2D eigenvalue weighted by molar-refractivity contribution is -0.384. The van der Waals surface area contributed by atoms with E-state index in [9.17, 15) is 23.3 Å². The number of hydrogen-bond donors (Lipinski definition) is 0. The fraction of sp³-hybridized carbons (Fsp3) is 0.160. The van der Waals surface area contributed by atoms with Crippen LogP contribution in [0.4, 0.5) is 5.69 Å². The Balaban J connectivity index is 1.59. The number of nitro groups is 1. The topological polar surface area (TPSA) is 107 Å². The van der Waals surface area contributed by atoms with Crippen molar-refractivity contribution in [2.75, 3.05) is 6.61 Å². The molecular formula is C25H22N2O6S. The average molecular weight is 479 g/mol. The molecule has 4 rings (SSSR count). The SMILES string of the molecule is Cc1ccc(S(=O)(=O)N2C(COC(=O)c3ccc([N+](=O)[O-])cc3)=CC[C@@H]2c2ccccc2)cc1. The van der Waals surface area contributed by atoms with Gasteiger partial charge in [-0.2, -0.15) is 0 Å². The summed E-state index contributed by atoms with van der Waals surface area (Å²) in [6.45, 7) is 1.62. The first-order chi connectivity index (χ1) is 16.3. The first-order valence-electron chi connectivity index (χ1n) is 10.5. The number of nitrogens with zero attached hydrogens (tertiary/aromatic N) is 2. The summed E-state index contributed by atoms with van der Waals surface area (Å²) in [6, 6.07) is 20.4. The van der Waals surface area contributed by atoms with Gasteiger partial charge in [-0.25, -0.2) is 13.2 Å². The summed E-state index contributed by atoms with van der Waals surface area (Å²) in [7, 11) is -3.93. The summed E-state index contributed by atoms with van der Waals surface area (Å²) in [5.41, 5.74) is 2.11. The number of hydrogen-bond acceptors (Lipinski definition) is 6. The monoisotopic (exact) mass is 478 g/mol. The second-order valence-corrected chi connectivity index (χ2v) is 9.67. The van der Waals surface area contributed by atoms with Crippen molar-refractivity contribution in [3.8, 4) is 0 Å². The van der Waals surface area contributed by atoms with Crippen LogP contribution in [0.15, 0.2) is 95.5 Å². The molecule has 1 aliphatic rings. The molecule has 3 aromatic rings. The molecule has 3 aromatic carbocycles. The highest BCUT2D eigenvalue weighted by molar-refractivity contribution is 7.89. The standard InChI is InChI=1S/C25H22N2O6S/c1-18-7-14-23(15-8-18)34(31,32)26-22(13-16-24(26)19-5-3-2-4-6-19)17-33-25(28)20-9-11-21(12-10-20)27(29)30/h2-15,24H,16-17H2,1H3/t24-/m1/s1. The first-order valence-corrected chi connectivity index (χ1v) is 12.0. The predicted molar refractivity (Wildman–Crippen MR) is 125 cm³/mol. The van der Waals surface area contributed by atoms with Gasteiger partial charge in [-0.3, -0.25) is 14.4 Å². The zero-order valence-electron chi connectivity index (χ0n) is 18.3. The van der Waals surface area contributed by atoms with Gasteiger partial charge in [0, 0.05) is 12.1 Å². The maximum atomic E-state index is 13.6. The van der Waals surface area contributed by atoms with Gasteiger partial charge in [-0.15, -0.1) is 0 Å². The molecule has 0 unspecified atom stereocenters. The van der Waals surface area contributed by atoms with E-state index in [-0.39, 0.29) is 22.8 Å². The van der Waals surface area contributed by atoms with Crippen LogP contribution in [0.25, 0.3) is 0 Å². The Morgan fingerprint density at radius 2 is 1.68 bits per heavy atom. The van der Waals surface area contributed by atoms with Gasteiger partial charge in [0.05, 0.1) is 27.1 Å². The van der Waals surface area contributed by atoms with Crippen molar-refractivity contribution < 1.29 is 22.9 Å². The van der Waals surface area contributed by atoms with Gasteiger partial charge in [0.2, 0.25) is 0 Å². The minimum atomic E-state index is -3.93. The minimum absolute atomic E-state index is 0.136. The Bertz CT molecular complexity index is 1330. The van der Waals surface area contributed by atoms with Crippen molar-refractivity contribution in [2.45, 2.75) is 24.3 Å². The number of aryl methyl sites for hydroxylation is 1. The summed E-state index contributed by atoms with van der Waals surface area (Å²) in [5, 5.41) is 10.8. The van der Waals surface area contributed by atoms with Crippen molar-refractivity contribution in [3.63, 3.8) is 0 Å². The Morgan fingerprint density at radius 1 is 1.03 bits per heavy atom. The molecule has 1 heterocycles. The summed E-state index contributed by atoms with van der Waals surface area (Å²) in [6.07, 6.45) is 2.19. The largest absolute Gasteiger partial charge is 0.456 e. The van der Waals surface area contributed by atoms with Crippen molar-refractivity contribution >= 4 is 21.7 Å². The smallest absolute Gasteiger partial charge is 0.338 e. The fourth-order valence-corrected chi connectivity index (χ4v) is 5.48. The van der Waals surface area contributed by atoms with E-state index >= 15 is 0 Å². The molecule has 0 fully saturated rings. The molecule has 0 amide bonds. The molecule has 8 nitrogen and oxygen atoms in total. The molecule has 1 aliphatic heterocycles. The average Bonchev–Trinajstić information content (AvgIpc) is 3.28. The van der Waals surface area contributed by atoms with E-state index in [1.54, 1.807) is 30.3 Å². The molecule has 1 atom stereocenters. The molecule has 0 radical (unpaired) electrons. The van der Waals surface area contributed by atoms with Crippen molar-refractivity contribution in [2.24, 2.45) is 0 Å². The van der Waals surface area contributed by atoms with Gasteiger partial charge in [-0.05, 0) is 43.2 Å². The number of nitro benzene ring substituents is 1. The maximum Gasteiger partial charge on any atom is 0.338 e. The van der Waals surface area contributed by atoms with Crippen LogP contribution in [0.1, 0.15) is 33.9 Å². The third-order valence-corrected chi connectivity index (χ3v) is 7.44. The van der Waals surface area contributed by atoms with Crippen LogP contribution in [0, 0.1) is 17.0 Å². The molecular weight excluding hydrogens is 456 g/mol. The minimum Gasteiger partial charge on any atom is -0.456 e. The van der Waals surface area contributed by atoms with Crippen LogP contribution < -0.4 is 0 Å². The fourth-order valence-electron chi connectivity index (χ4n) is 3.79. The molecule has 0 saturated heterocycles. The first kappa shape index (κ1) is 23.2. The third kappa shape index (κ3) is 4.69. The molecule has 34 heavy (non-hydrogen) atoms. The number of rotatable bonds is 7. The third-order valence-electron chi connectivity index (χ3n) is 5.57. The second kappa shape index (κ2) is 9.48. The molecule has 0 bridgehead atoms. The van der Waals surface area contributed by atoms with Crippen LogP contribution in [-0.2, 0) is 14.8 Å². The Labute approximate surface area is 197 Å². The number of carbonyl (C=O) groups excluding carboxylic acids is 1. The highest BCUT2D eigenvalue weighted by Crippen LogP contribution is 2.39. The summed E-state index contributed by atoms with van der Waals surface area (Å²) >= 11 is 0. The van der Waals surface area contributed by atoms with Gasteiger partial charge in [0.15, 0.2) is 0 Å². The van der Waals surface area contributed by atoms with Gasteiger partial charge in [0.25, 0.3) is 15.7 Å². The van der Waals surface area contributed by atoms with E-state index in [1.807, 2.05) is 37.3 Å². The summed E-state index contributed by atoms with van der Waals surface area (Å²) in [4.78, 5) is 22.9. The van der Waals surface area contributed by atoms with E-state index in [2.05, 4.69) is 0 Å². The van der Waals surface area contributed by atoms with Crippen LogP contribution in [0.5, 0.6) is 0 Å². The second-order valence-electron chi connectivity index (χ2n) is 7.85. The highest BCUT2D eigenvalue weighted by atomic mass is 32.2. The Hall–Kier alpha value is -3.98. The zero-order valence-corrected chi connectivity index (χ0v) is 19.1. The van der Waals surface area contributed by atoms with E-state index in [1.165, 1.54) is 28.6 Å². The lowest BCUT2D eigenvalue weighted by Crippen LogP contribution is -2.33. The van der Waals surface area contributed by atoms with Crippen LogP contribution in [0.3, 0.4) is 0 Å².